The van der Waals surface area contributed by atoms with E-state index in [4.69, 9.17) is 13.9 Å². The van der Waals surface area contributed by atoms with Crippen molar-refractivity contribution in [1.82, 2.24) is 10.2 Å². The van der Waals surface area contributed by atoms with Crippen LogP contribution in [0.1, 0.15) is 45.9 Å². The van der Waals surface area contributed by atoms with Crippen molar-refractivity contribution >= 4 is 17.7 Å². The van der Waals surface area contributed by atoms with Gasteiger partial charge in [0.1, 0.15) is 23.4 Å². The molecular weight excluding hydrogens is 395 g/mol. The lowest BCUT2D eigenvalue weighted by Gasteiger charge is -2.36. The molecule has 1 fully saturated rings. The molecule has 1 heterocycles. The predicted molar refractivity (Wildman–Crippen MR) is 107 cm³/mol. The fraction of sp³-hybridized carbons (Fsp3) is 0.571. The molecule has 0 N–H and O–H groups in total. The van der Waals surface area contributed by atoms with Gasteiger partial charge in [-0.2, -0.15) is 0 Å². The van der Waals surface area contributed by atoms with Crippen LogP contribution >= 0.6 is 11.8 Å². The summed E-state index contributed by atoms with van der Waals surface area (Å²) in [5, 5.41) is 8.10. The van der Waals surface area contributed by atoms with Gasteiger partial charge in [0.05, 0.1) is 0 Å². The van der Waals surface area contributed by atoms with Crippen LogP contribution < -0.4 is 4.74 Å². The van der Waals surface area contributed by atoms with E-state index in [9.17, 15) is 9.18 Å². The van der Waals surface area contributed by atoms with Crippen LogP contribution in [0.5, 0.6) is 5.75 Å². The number of ether oxygens (including phenoxy) is 2. The Bertz CT molecular complexity index is 796. The number of nitrogens with zero attached hydrogens (tertiary/aromatic N) is 2. The molecule has 1 saturated carbocycles. The first-order valence-electron chi connectivity index (χ1n) is 9.93. The number of carbonyl (C=O) groups is 1. The van der Waals surface area contributed by atoms with Crippen LogP contribution in [-0.4, -0.2) is 28.0 Å². The van der Waals surface area contributed by atoms with Gasteiger partial charge in [-0.25, -0.2) is 4.39 Å². The molecule has 0 radical (unpaired) electrons. The smallest absolute Gasteiger partial charge is 0.316 e. The van der Waals surface area contributed by atoms with Crippen molar-refractivity contribution in [1.29, 1.82) is 0 Å². The molecule has 1 aromatic heterocycles. The van der Waals surface area contributed by atoms with E-state index in [0.29, 0.717) is 23.5 Å². The summed E-state index contributed by atoms with van der Waals surface area (Å²) >= 11 is 1.15. The van der Waals surface area contributed by atoms with E-state index < -0.39 is 0 Å². The zero-order chi connectivity index (χ0) is 20.8. The van der Waals surface area contributed by atoms with Crippen molar-refractivity contribution in [3.8, 4) is 5.75 Å². The second-order valence-corrected chi connectivity index (χ2v) is 8.77. The summed E-state index contributed by atoms with van der Waals surface area (Å²) in [6, 6.07) is 5.67. The Kier molecular flexibility index (Phi) is 7.52. The van der Waals surface area contributed by atoms with Crippen molar-refractivity contribution in [3.63, 3.8) is 0 Å². The lowest BCUT2D eigenvalue weighted by Crippen LogP contribution is -2.36. The van der Waals surface area contributed by atoms with Gasteiger partial charge in [-0.15, -0.1) is 10.2 Å². The zero-order valence-corrected chi connectivity index (χ0v) is 17.8. The molecule has 3 unspecified atom stereocenters. The first-order chi connectivity index (χ1) is 13.9. The van der Waals surface area contributed by atoms with Gasteiger partial charge in [0.25, 0.3) is 11.1 Å². The molecule has 8 heteroatoms. The third-order valence-electron chi connectivity index (χ3n) is 5.18. The highest BCUT2D eigenvalue weighted by Crippen LogP contribution is 2.35. The Balaban J connectivity index is 1.45. The monoisotopic (exact) mass is 422 g/mol. The molecule has 6 nitrogen and oxygen atoms in total. The average molecular weight is 423 g/mol. The number of hydrogen-bond acceptors (Lipinski definition) is 7. The first-order valence-corrected chi connectivity index (χ1v) is 10.9. The van der Waals surface area contributed by atoms with Crippen LogP contribution in [-0.2, 0) is 16.1 Å². The predicted octanol–water partition coefficient (Wildman–Crippen LogP) is 4.88. The molecule has 0 aliphatic heterocycles. The Morgan fingerprint density at radius 1 is 1.28 bits per heavy atom. The summed E-state index contributed by atoms with van der Waals surface area (Å²) in [7, 11) is 0. The van der Waals surface area contributed by atoms with Crippen molar-refractivity contribution < 1.29 is 23.1 Å². The molecule has 1 aliphatic carbocycles. The number of halogens is 1. The molecule has 2 aromatic rings. The highest BCUT2D eigenvalue weighted by Gasteiger charge is 2.33. The van der Waals surface area contributed by atoms with E-state index in [1.165, 1.54) is 30.7 Å². The summed E-state index contributed by atoms with van der Waals surface area (Å²) in [5.41, 5.74) is 0. The minimum atomic E-state index is -0.330. The molecular formula is C21H27FN2O4S. The molecule has 3 rings (SSSR count). The van der Waals surface area contributed by atoms with Crippen molar-refractivity contribution in [2.75, 3.05) is 5.75 Å². The normalized spacial score (nSPS) is 21.9. The first kappa shape index (κ1) is 21.6. The maximum absolute atomic E-state index is 12.9. The van der Waals surface area contributed by atoms with E-state index in [0.717, 1.165) is 24.6 Å². The highest BCUT2D eigenvalue weighted by molar-refractivity contribution is 7.99. The summed E-state index contributed by atoms with van der Waals surface area (Å²) in [4.78, 5) is 12.3. The van der Waals surface area contributed by atoms with Crippen molar-refractivity contribution in [3.05, 3.63) is 36.0 Å². The van der Waals surface area contributed by atoms with Crippen molar-refractivity contribution in [2.24, 2.45) is 17.8 Å². The van der Waals surface area contributed by atoms with Crippen molar-refractivity contribution in [2.45, 2.75) is 58.0 Å². The van der Waals surface area contributed by atoms with Gasteiger partial charge in [-0.3, -0.25) is 4.79 Å². The highest BCUT2D eigenvalue weighted by atomic mass is 32.2. The SMILES string of the molecule is CC1CCC(C(C)C)C(OC(=O)CSc2nnc(COc3ccc(F)cc3)o2)C1. The van der Waals surface area contributed by atoms with Crippen LogP contribution in [0.2, 0.25) is 0 Å². The van der Waals surface area contributed by atoms with Gasteiger partial charge in [-0.1, -0.05) is 39.0 Å². The average Bonchev–Trinajstić information content (AvgIpc) is 3.14. The number of esters is 1. The second kappa shape index (κ2) is 10.1. The van der Waals surface area contributed by atoms with Crippen LogP contribution in [0.25, 0.3) is 0 Å². The Morgan fingerprint density at radius 2 is 2.03 bits per heavy atom. The van der Waals surface area contributed by atoms with Gasteiger partial charge in [-0.05, 0) is 54.9 Å². The molecule has 0 spiro atoms. The Hall–Kier alpha value is -2.09. The fourth-order valence-corrected chi connectivity index (χ4v) is 4.17. The van der Waals surface area contributed by atoms with Gasteiger partial charge >= 0.3 is 5.97 Å². The Labute approximate surface area is 174 Å². The van der Waals surface area contributed by atoms with Crippen LogP contribution in [0.3, 0.4) is 0 Å². The second-order valence-electron chi connectivity index (χ2n) is 7.85. The van der Waals surface area contributed by atoms with Crippen LogP contribution in [0.15, 0.2) is 33.9 Å². The largest absolute Gasteiger partial charge is 0.484 e. The van der Waals surface area contributed by atoms with Gasteiger partial charge in [0.15, 0.2) is 6.61 Å². The number of rotatable bonds is 8. The lowest BCUT2D eigenvalue weighted by molar-refractivity contribution is -0.152. The minimum absolute atomic E-state index is 0.0193. The van der Waals surface area contributed by atoms with Gasteiger partial charge in [0.2, 0.25) is 0 Å². The molecule has 29 heavy (non-hydrogen) atoms. The summed E-state index contributed by atoms with van der Waals surface area (Å²) < 4.78 is 29.6. The molecule has 1 aromatic carbocycles. The fourth-order valence-electron chi connectivity index (χ4n) is 3.60. The number of carbonyl (C=O) groups excluding carboxylic acids is 1. The quantitative estimate of drug-likeness (QED) is 0.443. The lowest BCUT2D eigenvalue weighted by atomic mass is 9.75. The summed E-state index contributed by atoms with van der Waals surface area (Å²) in [5.74, 6) is 1.80. The van der Waals surface area contributed by atoms with E-state index in [1.54, 1.807) is 0 Å². The maximum atomic E-state index is 12.9. The Morgan fingerprint density at radius 3 is 2.76 bits per heavy atom. The number of thioether (sulfide) groups is 1. The zero-order valence-electron chi connectivity index (χ0n) is 17.0. The van der Waals surface area contributed by atoms with E-state index in [-0.39, 0.29) is 41.4 Å². The third kappa shape index (κ3) is 6.45. The van der Waals surface area contributed by atoms with Crippen LogP contribution in [0.4, 0.5) is 4.39 Å². The standard InChI is InChI=1S/C21H27FN2O4S/c1-13(2)17-9-4-14(3)10-18(17)27-20(25)12-29-21-24-23-19(28-21)11-26-16-7-5-15(22)6-8-16/h5-8,13-14,17-18H,4,9-12H2,1-3H3. The van der Waals surface area contributed by atoms with Crippen LogP contribution in [0, 0.1) is 23.6 Å². The van der Waals surface area contributed by atoms with E-state index >= 15 is 0 Å². The molecule has 3 atom stereocenters. The van der Waals surface area contributed by atoms with E-state index in [1.807, 2.05) is 0 Å². The molecule has 1 aliphatic rings. The summed E-state index contributed by atoms with van der Waals surface area (Å²) in [6.45, 7) is 6.65. The van der Waals surface area contributed by atoms with Gasteiger partial charge in [0, 0.05) is 0 Å². The molecule has 0 saturated heterocycles. The molecule has 0 bridgehead atoms. The maximum Gasteiger partial charge on any atom is 0.316 e. The topological polar surface area (TPSA) is 74.5 Å². The van der Waals surface area contributed by atoms with E-state index in [2.05, 4.69) is 31.0 Å². The third-order valence-corrected chi connectivity index (χ3v) is 5.97. The molecule has 158 valence electrons. The molecule has 0 amide bonds. The number of benzene rings is 1. The number of aromatic nitrogens is 2. The van der Waals surface area contributed by atoms with Gasteiger partial charge < -0.3 is 13.9 Å². The number of hydrogen-bond donors (Lipinski definition) is 0. The minimum Gasteiger partial charge on any atom is -0.484 e. The summed E-state index contributed by atoms with van der Waals surface area (Å²) in [6.07, 6.45) is 3.20.